The minimum absolute atomic E-state index is 0.205. The van der Waals surface area contributed by atoms with Gasteiger partial charge in [-0.25, -0.2) is 9.79 Å². The zero-order valence-electron chi connectivity index (χ0n) is 22.8. The smallest absolute Gasteiger partial charge is 0.338 e. The molecule has 4 aromatic rings. The number of ether oxygens (including phenoxy) is 2. The average Bonchev–Trinajstić information content (AvgIpc) is 3.30. The van der Waals surface area contributed by atoms with Crippen LogP contribution in [-0.2, 0) is 9.53 Å². The lowest BCUT2D eigenvalue weighted by Gasteiger charge is -2.26. The summed E-state index contributed by atoms with van der Waals surface area (Å²) in [6, 6.07) is 20.8. The first kappa shape index (κ1) is 30.8. The SMILES string of the molecule is C=CCOc1c(I)cc(/C=c2\sc3n(c2=O)[C@H](c2ccc(SC)cc2)C(C(=O)OCC)=C(c2ccccc2)N=3)cc1I. The molecule has 0 saturated heterocycles. The molecule has 6 nitrogen and oxygen atoms in total. The Kier molecular flexibility index (Phi) is 10.1. The number of fused-ring (bicyclic) bond motifs is 1. The predicted octanol–water partition coefficient (Wildman–Crippen LogP) is 6.43. The van der Waals surface area contributed by atoms with Crippen molar-refractivity contribution in [1.29, 1.82) is 0 Å². The Hall–Kier alpha value is -2.68. The van der Waals surface area contributed by atoms with Crippen molar-refractivity contribution in [3.63, 3.8) is 0 Å². The fourth-order valence-electron chi connectivity index (χ4n) is 4.64. The van der Waals surface area contributed by atoms with Crippen molar-refractivity contribution in [2.45, 2.75) is 17.9 Å². The van der Waals surface area contributed by atoms with Crippen LogP contribution in [0.15, 0.2) is 99.6 Å². The Balaban J connectivity index is 1.76. The summed E-state index contributed by atoms with van der Waals surface area (Å²) in [4.78, 5) is 34.3. The van der Waals surface area contributed by atoms with E-state index in [4.69, 9.17) is 14.5 Å². The molecule has 1 aromatic heterocycles. The third kappa shape index (κ3) is 6.31. The number of halogens is 2. The number of thioether (sulfide) groups is 1. The highest BCUT2D eigenvalue weighted by atomic mass is 127. The summed E-state index contributed by atoms with van der Waals surface area (Å²) in [5.74, 6) is 0.294. The molecule has 2 heterocycles. The van der Waals surface area contributed by atoms with Crippen molar-refractivity contribution in [1.82, 2.24) is 4.57 Å². The van der Waals surface area contributed by atoms with Crippen LogP contribution in [0.1, 0.15) is 29.7 Å². The number of nitrogens with zero attached hydrogens (tertiary/aromatic N) is 2. The predicted molar refractivity (Wildman–Crippen MR) is 187 cm³/mol. The molecule has 0 aliphatic carbocycles. The summed E-state index contributed by atoms with van der Waals surface area (Å²) >= 11 is 7.42. The number of benzene rings is 3. The van der Waals surface area contributed by atoms with Gasteiger partial charge < -0.3 is 9.47 Å². The molecular formula is C32H26I2N2O4S2. The summed E-state index contributed by atoms with van der Waals surface area (Å²) < 4.78 is 15.4. The molecule has 214 valence electrons. The number of hydrogen-bond acceptors (Lipinski definition) is 7. The van der Waals surface area contributed by atoms with Crippen LogP contribution in [0.5, 0.6) is 5.75 Å². The number of carbonyl (C=O) groups excluding carboxylic acids is 1. The highest BCUT2D eigenvalue weighted by Crippen LogP contribution is 2.36. The van der Waals surface area contributed by atoms with Gasteiger partial charge in [-0.15, -0.1) is 11.8 Å². The van der Waals surface area contributed by atoms with Crippen molar-refractivity contribution in [3.8, 4) is 5.75 Å². The van der Waals surface area contributed by atoms with Crippen LogP contribution in [0.25, 0.3) is 11.8 Å². The molecule has 10 heteroatoms. The summed E-state index contributed by atoms with van der Waals surface area (Å²) in [5, 5.41) is 0. The molecule has 1 aliphatic heterocycles. The first-order valence-corrected chi connectivity index (χ1v) is 17.2. The molecule has 0 N–H and O–H groups in total. The van der Waals surface area contributed by atoms with Crippen molar-refractivity contribution in [2.75, 3.05) is 19.5 Å². The Labute approximate surface area is 279 Å². The van der Waals surface area contributed by atoms with Crippen LogP contribution in [0.3, 0.4) is 0 Å². The van der Waals surface area contributed by atoms with Crippen molar-refractivity contribution in [3.05, 3.63) is 128 Å². The van der Waals surface area contributed by atoms with Crippen LogP contribution < -0.4 is 19.6 Å². The summed E-state index contributed by atoms with van der Waals surface area (Å²) in [6.45, 7) is 6.11. The van der Waals surface area contributed by atoms with Crippen LogP contribution in [0.2, 0.25) is 0 Å². The van der Waals surface area contributed by atoms with Gasteiger partial charge in [0.1, 0.15) is 12.4 Å². The topological polar surface area (TPSA) is 69.9 Å². The van der Waals surface area contributed by atoms with E-state index >= 15 is 0 Å². The van der Waals surface area contributed by atoms with Gasteiger partial charge in [0.05, 0.1) is 35.6 Å². The molecule has 0 spiro atoms. The first-order chi connectivity index (χ1) is 20.4. The van der Waals surface area contributed by atoms with E-state index in [1.165, 1.54) is 11.3 Å². The quantitative estimate of drug-likeness (QED) is 0.0844. The van der Waals surface area contributed by atoms with Gasteiger partial charge in [-0.2, -0.15) is 0 Å². The van der Waals surface area contributed by atoms with Crippen molar-refractivity contribution >= 4 is 86.0 Å². The van der Waals surface area contributed by atoms with E-state index < -0.39 is 12.0 Å². The number of hydrogen-bond donors (Lipinski definition) is 0. The van der Waals surface area contributed by atoms with Crippen LogP contribution in [-0.4, -0.2) is 30.0 Å². The Bertz CT molecular complexity index is 1840. The maximum Gasteiger partial charge on any atom is 0.338 e. The van der Waals surface area contributed by atoms with Gasteiger partial charge in [-0.05, 0) is 99.8 Å². The second-order valence-electron chi connectivity index (χ2n) is 9.12. The lowest BCUT2D eigenvalue weighted by atomic mass is 9.93. The summed E-state index contributed by atoms with van der Waals surface area (Å²) in [5.41, 5.74) is 3.08. The second-order valence-corrected chi connectivity index (χ2v) is 13.3. The van der Waals surface area contributed by atoms with E-state index in [1.807, 2.05) is 79.1 Å². The van der Waals surface area contributed by atoms with Crippen molar-refractivity contribution in [2.24, 2.45) is 4.99 Å². The van der Waals surface area contributed by atoms with Gasteiger partial charge in [0.15, 0.2) is 4.80 Å². The minimum Gasteiger partial charge on any atom is -0.487 e. The standard InChI is InChI=1S/C32H26I2N2O4S2/c1-4-15-40-29-23(33)16-19(17-24(29)34)18-25-30(37)36-28(21-11-13-22(41-3)14-12-21)26(31(38)39-5-2)27(35-32(36)42-25)20-9-7-6-8-10-20/h4,6-14,16-18,28H,1,5,15H2,2-3H3/b25-18-/t28-/m1/s1. The highest BCUT2D eigenvalue weighted by Gasteiger charge is 2.35. The fourth-order valence-corrected chi connectivity index (χ4v) is 8.17. The Morgan fingerprint density at radius 2 is 1.81 bits per heavy atom. The van der Waals surface area contributed by atoms with Gasteiger partial charge in [0, 0.05) is 10.5 Å². The summed E-state index contributed by atoms with van der Waals surface area (Å²) in [7, 11) is 0. The summed E-state index contributed by atoms with van der Waals surface area (Å²) in [6.07, 6.45) is 5.59. The molecule has 3 aromatic carbocycles. The lowest BCUT2D eigenvalue weighted by Crippen LogP contribution is -2.40. The van der Waals surface area contributed by atoms with E-state index in [0.717, 1.165) is 34.5 Å². The average molecular weight is 821 g/mol. The van der Waals surface area contributed by atoms with E-state index in [2.05, 4.69) is 51.8 Å². The molecule has 0 bridgehead atoms. The molecule has 42 heavy (non-hydrogen) atoms. The number of esters is 1. The third-order valence-corrected chi connectivity index (χ3v) is 9.80. The molecule has 0 saturated carbocycles. The van der Waals surface area contributed by atoms with E-state index in [1.54, 1.807) is 29.3 Å². The number of aromatic nitrogens is 1. The molecule has 1 aliphatic rings. The molecule has 0 amide bonds. The second kappa shape index (κ2) is 13.7. The van der Waals surface area contributed by atoms with E-state index in [-0.39, 0.29) is 12.2 Å². The number of rotatable bonds is 9. The third-order valence-electron chi connectivity index (χ3n) is 6.47. The zero-order valence-corrected chi connectivity index (χ0v) is 28.8. The zero-order chi connectivity index (χ0) is 29.8. The van der Waals surface area contributed by atoms with Crippen LogP contribution in [0.4, 0.5) is 0 Å². The molecule has 0 radical (unpaired) electrons. The Morgan fingerprint density at radius 1 is 1.12 bits per heavy atom. The molecular weight excluding hydrogens is 794 g/mol. The first-order valence-electron chi connectivity index (χ1n) is 13.0. The Morgan fingerprint density at radius 3 is 2.43 bits per heavy atom. The maximum absolute atomic E-state index is 14.1. The van der Waals surface area contributed by atoms with Gasteiger partial charge in [-0.1, -0.05) is 66.5 Å². The van der Waals surface area contributed by atoms with Gasteiger partial charge in [-0.3, -0.25) is 9.36 Å². The molecule has 0 fully saturated rings. The van der Waals surface area contributed by atoms with E-state index in [9.17, 15) is 9.59 Å². The van der Waals surface area contributed by atoms with Crippen LogP contribution >= 0.6 is 68.3 Å². The largest absolute Gasteiger partial charge is 0.487 e. The van der Waals surface area contributed by atoms with Crippen molar-refractivity contribution < 1.29 is 14.3 Å². The van der Waals surface area contributed by atoms with E-state index in [0.29, 0.717) is 27.2 Å². The van der Waals surface area contributed by atoms with Gasteiger partial charge in [0.2, 0.25) is 0 Å². The molecule has 1 atom stereocenters. The van der Waals surface area contributed by atoms with Gasteiger partial charge >= 0.3 is 5.97 Å². The molecule has 0 unspecified atom stereocenters. The highest BCUT2D eigenvalue weighted by molar-refractivity contribution is 14.1. The van der Waals surface area contributed by atoms with Crippen LogP contribution in [0, 0.1) is 7.14 Å². The number of thiazole rings is 1. The lowest BCUT2D eigenvalue weighted by molar-refractivity contribution is -0.138. The fraction of sp³-hybridized carbons (Fsp3) is 0.156. The normalized spacial score (nSPS) is 14.8. The van der Waals surface area contributed by atoms with Gasteiger partial charge in [0.25, 0.3) is 5.56 Å². The maximum atomic E-state index is 14.1. The number of carbonyl (C=O) groups is 1. The molecule has 5 rings (SSSR count). The minimum atomic E-state index is -0.705. The monoisotopic (exact) mass is 820 g/mol.